The van der Waals surface area contributed by atoms with Gasteiger partial charge in [-0.3, -0.25) is 9.59 Å². The predicted molar refractivity (Wildman–Crippen MR) is 72.7 cm³/mol. The van der Waals surface area contributed by atoms with Crippen LogP contribution >= 0.6 is 0 Å². The molecule has 1 aromatic heterocycles. The van der Waals surface area contributed by atoms with Crippen molar-refractivity contribution in [2.75, 3.05) is 19.7 Å². The molecule has 0 saturated carbocycles. The number of hydrogen-bond donors (Lipinski definition) is 1. The molecule has 1 N–H and O–H groups in total. The molecule has 0 radical (unpaired) electrons. The third-order valence-corrected chi connectivity index (χ3v) is 3.43. The standard InChI is InChI=1S/C13H17N3O5/c1-2-21-13(18)9-4-3-7-15(8-9)12(17)10-5-6-11(14-10)16(19)20/h5-6,9,14H,2-4,7-8H2,1H3/t9-/m0/s1. The molecule has 21 heavy (non-hydrogen) atoms. The Morgan fingerprint density at radius 3 is 2.90 bits per heavy atom. The normalized spacial score (nSPS) is 18.3. The molecule has 1 amide bonds. The minimum atomic E-state index is -0.589. The number of nitrogens with one attached hydrogen (secondary N) is 1. The first-order chi connectivity index (χ1) is 10.0. The fraction of sp³-hybridized carbons (Fsp3) is 0.538. The molecular weight excluding hydrogens is 278 g/mol. The van der Waals surface area contributed by atoms with E-state index in [4.69, 9.17) is 4.74 Å². The summed E-state index contributed by atoms with van der Waals surface area (Å²) < 4.78 is 4.98. The summed E-state index contributed by atoms with van der Waals surface area (Å²) in [6, 6.07) is 2.63. The fourth-order valence-electron chi connectivity index (χ4n) is 2.40. The highest BCUT2D eigenvalue weighted by atomic mass is 16.6. The molecule has 1 saturated heterocycles. The number of nitro groups is 1. The number of ether oxygens (including phenoxy) is 1. The topological polar surface area (TPSA) is 106 Å². The lowest BCUT2D eigenvalue weighted by Crippen LogP contribution is -2.42. The highest BCUT2D eigenvalue weighted by Gasteiger charge is 2.31. The van der Waals surface area contributed by atoms with Gasteiger partial charge < -0.3 is 19.8 Å². The molecule has 0 spiro atoms. The highest BCUT2D eigenvalue weighted by Crippen LogP contribution is 2.20. The Bertz CT molecular complexity index is 554. The van der Waals surface area contributed by atoms with E-state index >= 15 is 0 Å². The number of carbonyl (C=O) groups excluding carboxylic acids is 2. The number of likely N-dealkylation sites (tertiary alicyclic amines) is 1. The minimum Gasteiger partial charge on any atom is -0.466 e. The van der Waals surface area contributed by atoms with Gasteiger partial charge in [-0.25, -0.2) is 4.98 Å². The first-order valence-electron chi connectivity index (χ1n) is 6.82. The second-order valence-corrected chi connectivity index (χ2v) is 4.86. The first-order valence-corrected chi connectivity index (χ1v) is 6.82. The summed E-state index contributed by atoms with van der Waals surface area (Å²) in [5, 5.41) is 10.6. The van der Waals surface area contributed by atoms with Crippen LogP contribution < -0.4 is 0 Å². The monoisotopic (exact) mass is 295 g/mol. The lowest BCUT2D eigenvalue weighted by atomic mass is 9.98. The van der Waals surface area contributed by atoms with E-state index in [1.165, 1.54) is 17.0 Å². The van der Waals surface area contributed by atoms with E-state index in [0.29, 0.717) is 26.0 Å². The van der Waals surface area contributed by atoms with Crippen LogP contribution in [0.25, 0.3) is 0 Å². The van der Waals surface area contributed by atoms with E-state index in [1.54, 1.807) is 6.92 Å². The van der Waals surface area contributed by atoms with Gasteiger partial charge in [0.25, 0.3) is 5.91 Å². The summed E-state index contributed by atoms with van der Waals surface area (Å²) in [6.07, 6.45) is 1.39. The summed E-state index contributed by atoms with van der Waals surface area (Å²) >= 11 is 0. The molecular formula is C13H17N3O5. The Labute approximate surface area is 121 Å². The van der Waals surface area contributed by atoms with Crippen LogP contribution in [-0.4, -0.2) is 46.4 Å². The SMILES string of the molecule is CCOC(=O)[C@H]1CCCN(C(=O)c2ccc([N+](=O)[O-])[nH]2)C1. The molecule has 114 valence electrons. The van der Waals surface area contributed by atoms with Crippen LogP contribution in [0.2, 0.25) is 0 Å². The van der Waals surface area contributed by atoms with Gasteiger partial charge in [0.1, 0.15) is 0 Å². The maximum absolute atomic E-state index is 12.3. The number of piperidine rings is 1. The van der Waals surface area contributed by atoms with E-state index in [9.17, 15) is 19.7 Å². The number of esters is 1. The molecule has 1 fully saturated rings. The van der Waals surface area contributed by atoms with Gasteiger partial charge in [0, 0.05) is 19.2 Å². The van der Waals surface area contributed by atoms with Crippen LogP contribution in [0.1, 0.15) is 30.3 Å². The number of rotatable bonds is 4. The van der Waals surface area contributed by atoms with Gasteiger partial charge in [-0.2, -0.15) is 0 Å². The second kappa shape index (κ2) is 6.38. The smallest absolute Gasteiger partial charge is 0.321 e. The molecule has 1 aromatic rings. The Hall–Kier alpha value is -2.38. The number of amides is 1. The van der Waals surface area contributed by atoms with Crippen LogP contribution in [0.15, 0.2) is 12.1 Å². The average molecular weight is 295 g/mol. The molecule has 0 bridgehead atoms. The van der Waals surface area contributed by atoms with Crippen LogP contribution in [0.3, 0.4) is 0 Å². The Balaban J connectivity index is 2.04. The van der Waals surface area contributed by atoms with Crippen molar-refractivity contribution in [3.63, 3.8) is 0 Å². The predicted octanol–water partition coefficient (Wildman–Crippen LogP) is 1.34. The number of carbonyl (C=O) groups is 2. The minimum absolute atomic E-state index is 0.159. The van der Waals surface area contributed by atoms with Crippen LogP contribution in [0.4, 0.5) is 5.82 Å². The van der Waals surface area contributed by atoms with Gasteiger partial charge in [-0.15, -0.1) is 0 Å². The van der Waals surface area contributed by atoms with Crippen molar-refractivity contribution in [2.24, 2.45) is 5.92 Å². The Kier molecular flexibility index (Phi) is 4.56. The molecule has 8 nitrogen and oxygen atoms in total. The first kappa shape index (κ1) is 15.0. The molecule has 1 aliphatic heterocycles. The van der Waals surface area contributed by atoms with Gasteiger partial charge in [0.2, 0.25) is 0 Å². The largest absolute Gasteiger partial charge is 0.466 e. The zero-order valence-corrected chi connectivity index (χ0v) is 11.7. The van der Waals surface area contributed by atoms with Gasteiger partial charge in [-0.1, -0.05) is 0 Å². The summed E-state index contributed by atoms with van der Waals surface area (Å²) in [5.41, 5.74) is 0.159. The van der Waals surface area contributed by atoms with Crippen molar-refractivity contribution < 1.29 is 19.2 Å². The third-order valence-electron chi connectivity index (χ3n) is 3.43. The lowest BCUT2D eigenvalue weighted by Gasteiger charge is -2.30. The summed E-state index contributed by atoms with van der Waals surface area (Å²) in [7, 11) is 0. The maximum Gasteiger partial charge on any atom is 0.321 e. The zero-order chi connectivity index (χ0) is 15.4. The molecule has 1 aliphatic rings. The third kappa shape index (κ3) is 3.39. The van der Waals surface area contributed by atoms with Crippen LogP contribution in [0.5, 0.6) is 0 Å². The van der Waals surface area contributed by atoms with Gasteiger partial charge in [0.15, 0.2) is 5.69 Å². The van der Waals surface area contributed by atoms with Crippen LogP contribution in [-0.2, 0) is 9.53 Å². The number of aromatic amines is 1. The summed E-state index contributed by atoms with van der Waals surface area (Å²) in [5.74, 6) is -1.19. The number of hydrogen-bond acceptors (Lipinski definition) is 5. The van der Waals surface area contributed by atoms with Crippen molar-refractivity contribution in [3.8, 4) is 0 Å². The average Bonchev–Trinajstić information content (AvgIpc) is 2.97. The molecule has 2 heterocycles. The van der Waals surface area contributed by atoms with Crippen molar-refractivity contribution in [2.45, 2.75) is 19.8 Å². The van der Waals surface area contributed by atoms with Gasteiger partial charge in [-0.05, 0) is 30.8 Å². The molecule has 2 rings (SSSR count). The van der Waals surface area contributed by atoms with E-state index in [0.717, 1.165) is 0 Å². The molecule has 0 unspecified atom stereocenters. The van der Waals surface area contributed by atoms with E-state index < -0.39 is 4.92 Å². The number of H-pyrrole nitrogens is 1. The fourth-order valence-corrected chi connectivity index (χ4v) is 2.40. The zero-order valence-electron chi connectivity index (χ0n) is 11.7. The molecule has 1 atom stereocenters. The van der Waals surface area contributed by atoms with Crippen LogP contribution in [0, 0.1) is 16.0 Å². The van der Waals surface area contributed by atoms with Gasteiger partial charge in [0.05, 0.1) is 12.5 Å². The maximum atomic E-state index is 12.3. The van der Waals surface area contributed by atoms with E-state index in [1.807, 2.05) is 0 Å². The Morgan fingerprint density at radius 1 is 1.52 bits per heavy atom. The molecule has 0 aromatic carbocycles. The molecule has 0 aliphatic carbocycles. The van der Waals surface area contributed by atoms with Crippen molar-refractivity contribution in [1.29, 1.82) is 0 Å². The molecule has 8 heteroatoms. The highest BCUT2D eigenvalue weighted by molar-refractivity contribution is 5.93. The Morgan fingerprint density at radius 2 is 2.29 bits per heavy atom. The number of aromatic nitrogens is 1. The summed E-state index contributed by atoms with van der Waals surface area (Å²) in [6.45, 7) is 2.86. The van der Waals surface area contributed by atoms with Crippen molar-refractivity contribution in [1.82, 2.24) is 9.88 Å². The lowest BCUT2D eigenvalue weighted by molar-refractivity contribution is -0.389. The van der Waals surface area contributed by atoms with Crippen molar-refractivity contribution >= 4 is 17.7 Å². The van der Waals surface area contributed by atoms with E-state index in [2.05, 4.69) is 4.98 Å². The van der Waals surface area contributed by atoms with Gasteiger partial charge >= 0.3 is 11.8 Å². The van der Waals surface area contributed by atoms with Crippen molar-refractivity contribution in [3.05, 3.63) is 27.9 Å². The second-order valence-electron chi connectivity index (χ2n) is 4.86. The van der Waals surface area contributed by atoms with E-state index in [-0.39, 0.29) is 35.9 Å². The quantitative estimate of drug-likeness (QED) is 0.512. The summed E-state index contributed by atoms with van der Waals surface area (Å²) in [4.78, 5) is 38.0. The number of nitrogens with zero attached hydrogens (tertiary/aromatic N) is 2.